The van der Waals surface area contributed by atoms with Gasteiger partial charge in [-0.3, -0.25) is 9.36 Å². The normalized spacial score (nSPS) is 16.0. The Kier molecular flexibility index (Phi) is 4.02. The molecule has 0 spiro atoms. The molecule has 8 heteroatoms. The number of nitrogens with zero attached hydrogens (tertiary/aromatic N) is 2. The van der Waals surface area contributed by atoms with E-state index in [4.69, 9.17) is 4.74 Å². The number of methoxy groups -OCH3 is 1. The number of nitrogens with one attached hydrogen (secondary N) is 1. The molecule has 0 radical (unpaired) electrons. The topological polar surface area (TPSA) is 76.4 Å². The molecule has 0 fully saturated rings. The van der Waals surface area contributed by atoms with E-state index in [0.29, 0.717) is 11.5 Å². The molecule has 1 aromatic heterocycles. The van der Waals surface area contributed by atoms with Gasteiger partial charge >= 0.3 is 0 Å². The predicted octanol–water partition coefficient (Wildman–Crippen LogP) is 3.34. The fourth-order valence-electron chi connectivity index (χ4n) is 3.27. The van der Waals surface area contributed by atoms with Crippen LogP contribution in [0.5, 0.6) is 11.5 Å². The van der Waals surface area contributed by atoms with Crippen LogP contribution in [0.15, 0.2) is 42.7 Å². The van der Waals surface area contributed by atoms with E-state index in [1.807, 2.05) is 0 Å². The molecule has 1 atom stereocenters. The van der Waals surface area contributed by atoms with Crippen molar-refractivity contribution in [2.45, 2.75) is 12.3 Å². The molecule has 0 aliphatic carbocycles. The molecule has 4 rings (SSSR count). The Morgan fingerprint density at radius 3 is 2.67 bits per heavy atom. The molecule has 0 saturated heterocycles. The summed E-state index contributed by atoms with van der Waals surface area (Å²) in [6.45, 7) is 0. The van der Waals surface area contributed by atoms with Crippen molar-refractivity contribution in [3.8, 4) is 17.2 Å². The Bertz CT molecular complexity index is 1030. The lowest BCUT2D eigenvalue weighted by Crippen LogP contribution is -2.25. The minimum Gasteiger partial charge on any atom is -0.504 e. The molecule has 1 amide bonds. The lowest BCUT2D eigenvalue weighted by atomic mass is 9.89. The van der Waals surface area contributed by atoms with Gasteiger partial charge in [0.05, 0.1) is 18.5 Å². The first-order valence-electron chi connectivity index (χ1n) is 8.16. The van der Waals surface area contributed by atoms with Gasteiger partial charge in [-0.25, -0.2) is 13.8 Å². The summed E-state index contributed by atoms with van der Waals surface area (Å²) < 4.78 is 33.8. The van der Waals surface area contributed by atoms with E-state index in [0.717, 1.165) is 23.8 Å². The van der Waals surface area contributed by atoms with Crippen molar-refractivity contribution in [3.63, 3.8) is 0 Å². The minimum absolute atomic E-state index is 0.0116. The summed E-state index contributed by atoms with van der Waals surface area (Å²) in [5.74, 6) is -1.47. The number of anilines is 1. The third-order valence-corrected chi connectivity index (χ3v) is 4.50. The second kappa shape index (κ2) is 6.39. The van der Waals surface area contributed by atoms with Crippen molar-refractivity contribution < 1.29 is 23.4 Å². The molecule has 3 aromatic rings. The molecule has 2 aromatic carbocycles. The number of aromatic hydroxyl groups is 1. The van der Waals surface area contributed by atoms with Crippen LogP contribution < -0.4 is 10.1 Å². The molecule has 0 saturated carbocycles. The van der Waals surface area contributed by atoms with Gasteiger partial charge in [0, 0.05) is 18.4 Å². The average molecular weight is 371 g/mol. The van der Waals surface area contributed by atoms with Crippen LogP contribution in [0.3, 0.4) is 0 Å². The first-order valence-corrected chi connectivity index (χ1v) is 8.16. The van der Waals surface area contributed by atoms with E-state index < -0.39 is 11.6 Å². The number of rotatable bonds is 3. The minimum atomic E-state index is -0.727. The largest absolute Gasteiger partial charge is 0.504 e. The second-order valence-corrected chi connectivity index (χ2v) is 6.21. The summed E-state index contributed by atoms with van der Waals surface area (Å²) in [4.78, 5) is 16.6. The Morgan fingerprint density at radius 2 is 1.96 bits per heavy atom. The van der Waals surface area contributed by atoms with Crippen LogP contribution in [-0.4, -0.2) is 27.7 Å². The molecule has 1 aliphatic rings. The number of carbonyl (C=O) groups is 1. The van der Waals surface area contributed by atoms with Crippen molar-refractivity contribution in [2.24, 2.45) is 0 Å². The zero-order valence-corrected chi connectivity index (χ0v) is 14.2. The van der Waals surface area contributed by atoms with E-state index in [2.05, 4.69) is 10.3 Å². The third-order valence-electron chi connectivity index (χ3n) is 4.50. The smallest absolute Gasteiger partial charge is 0.226 e. The number of carbonyl (C=O) groups excluding carboxylic acids is 1. The zero-order valence-electron chi connectivity index (χ0n) is 14.2. The van der Waals surface area contributed by atoms with Gasteiger partial charge < -0.3 is 15.2 Å². The Balaban J connectivity index is 1.82. The van der Waals surface area contributed by atoms with Gasteiger partial charge in [-0.15, -0.1) is 0 Å². The summed E-state index contributed by atoms with van der Waals surface area (Å²) in [6.07, 6.45) is 1.56. The van der Waals surface area contributed by atoms with Gasteiger partial charge in [-0.05, 0) is 29.8 Å². The van der Waals surface area contributed by atoms with Crippen LogP contribution in [0, 0.1) is 11.6 Å². The quantitative estimate of drug-likeness (QED) is 0.740. The van der Waals surface area contributed by atoms with Gasteiger partial charge in [0.1, 0.15) is 23.8 Å². The maximum absolute atomic E-state index is 13.6. The lowest BCUT2D eigenvalue weighted by molar-refractivity contribution is -0.116. The Hall–Kier alpha value is -3.42. The second-order valence-electron chi connectivity index (χ2n) is 6.21. The van der Waals surface area contributed by atoms with Crippen molar-refractivity contribution in [2.75, 3.05) is 12.4 Å². The van der Waals surface area contributed by atoms with Crippen LogP contribution in [0.25, 0.3) is 5.69 Å². The van der Waals surface area contributed by atoms with Gasteiger partial charge in [-0.1, -0.05) is 6.07 Å². The highest BCUT2D eigenvalue weighted by molar-refractivity contribution is 5.94. The Labute approximate surface area is 153 Å². The maximum Gasteiger partial charge on any atom is 0.226 e. The van der Waals surface area contributed by atoms with E-state index in [9.17, 15) is 18.7 Å². The highest BCUT2D eigenvalue weighted by Crippen LogP contribution is 2.40. The van der Waals surface area contributed by atoms with Crippen LogP contribution in [-0.2, 0) is 4.79 Å². The number of imidazole rings is 1. The molecular formula is C19H15F2N3O3. The predicted molar refractivity (Wildman–Crippen MR) is 93.2 cm³/mol. The molecule has 2 N–H and O–H groups in total. The van der Waals surface area contributed by atoms with Gasteiger partial charge in [0.25, 0.3) is 0 Å². The highest BCUT2D eigenvalue weighted by atomic mass is 19.1. The van der Waals surface area contributed by atoms with Gasteiger partial charge in [0.15, 0.2) is 11.5 Å². The van der Waals surface area contributed by atoms with Crippen molar-refractivity contribution in [1.29, 1.82) is 0 Å². The van der Waals surface area contributed by atoms with Gasteiger partial charge in [-0.2, -0.15) is 0 Å². The molecule has 0 unspecified atom stereocenters. The number of ether oxygens (including phenoxy) is 1. The number of amides is 1. The number of phenolic OH excluding ortho intramolecular Hbond substituents is 1. The molecule has 6 nitrogen and oxygen atoms in total. The molecule has 0 bridgehead atoms. The lowest BCUT2D eigenvalue weighted by Gasteiger charge is -2.23. The maximum atomic E-state index is 13.6. The Morgan fingerprint density at radius 1 is 1.22 bits per heavy atom. The fourth-order valence-corrected chi connectivity index (χ4v) is 3.27. The molecule has 27 heavy (non-hydrogen) atoms. The number of benzene rings is 2. The van der Waals surface area contributed by atoms with Gasteiger partial charge in [0.2, 0.25) is 5.91 Å². The monoisotopic (exact) mass is 371 g/mol. The SMILES string of the molecule is COc1cc([C@@H]2CC(=O)Nc3c2ncn3-c2cc(F)cc(F)c2)ccc1O. The number of halogens is 2. The first-order chi connectivity index (χ1) is 13.0. The van der Waals surface area contributed by atoms with E-state index in [-0.39, 0.29) is 35.4 Å². The van der Waals surface area contributed by atoms with Crippen LogP contribution >= 0.6 is 0 Å². The number of phenols is 1. The number of aromatic nitrogens is 2. The first kappa shape index (κ1) is 17.0. The molecular weight excluding hydrogens is 356 g/mol. The van der Waals surface area contributed by atoms with Crippen molar-refractivity contribution in [3.05, 3.63) is 65.6 Å². The average Bonchev–Trinajstić information content (AvgIpc) is 3.04. The van der Waals surface area contributed by atoms with E-state index in [1.165, 1.54) is 24.1 Å². The summed E-state index contributed by atoms with van der Waals surface area (Å²) in [5, 5.41) is 12.5. The van der Waals surface area contributed by atoms with Crippen LogP contribution in [0.1, 0.15) is 23.6 Å². The van der Waals surface area contributed by atoms with E-state index in [1.54, 1.807) is 12.1 Å². The van der Waals surface area contributed by atoms with Crippen LogP contribution in [0.2, 0.25) is 0 Å². The number of hydrogen-bond donors (Lipinski definition) is 2. The molecule has 2 heterocycles. The molecule has 1 aliphatic heterocycles. The summed E-state index contributed by atoms with van der Waals surface area (Å²) >= 11 is 0. The van der Waals surface area contributed by atoms with Crippen molar-refractivity contribution in [1.82, 2.24) is 9.55 Å². The molecule has 138 valence electrons. The standard InChI is InChI=1S/C19H15F2N3O3/c1-27-16-4-10(2-3-15(16)25)14-8-17(26)23-19-18(14)22-9-24(19)13-6-11(20)5-12(21)7-13/h2-7,9,14,25H,8H2,1H3,(H,23,26)/t14-/m0/s1. The third kappa shape index (κ3) is 2.99. The summed E-state index contributed by atoms with van der Waals surface area (Å²) in [5.41, 5.74) is 1.51. The highest BCUT2D eigenvalue weighted by Gasteiger charge is 2.31. The van der Waals surface area contributed by atoms with E-state index >= 15 is 0 Å². The number of hydrogen-bond acceptors (Lipinski definition) is 4. The summed E-state index contributed by atoms with van der Waals surface area (Å²) in [6, 6.07) is 7.90. The summed E-state index contributed by atoms with van der Waals surface area (Å²) in [7, 11) is 1.44. The van der Waals surface area contributed by atoms with Crippen LogP contribution in [0.4, 0.5) is 14.6 Å². The zero-order chi connectivity index (χ0) is 19.1. The van der Waals surface area contributed by atoms with Crippen molar-refractivity contribution >= 4 is 11.7 Å². The fraction of sp³-hybridized carbons (Fsp3) is 0.158. The number of fused-ring (bicyclic) bond motifs is 1.